The van der Waals surface area contributed by atoms with Crippen LogP contribution in [0.4, 0.5) is 17.1 Å². The average molecular weight is 844 g/mol. The lowest BCUT2D eigenvalue weighted by atomic mass is 9.67. The van der Waals surface area contributed by atoms with Crippen molar-refractivity contribution >= 4 is 39.0 Å². The van der Waals surface area contributed by atoms with Crippen LogP contribution in [0.3, 0.4) is 0 Å². The Morgan fingerprint density at radius 2 is 0.848 bits per heavy atom. The van der Waals surface area contributed by atoms with Crippen LogP contribution >= 0.6 is 0 Å². The molecule has 0 saturated heterocycles. The maximum absolute atomic E-state index is 6.87. The number of rotatable bonds is 7. The molecule has 10 aromatic carbocycles. The summed E-state index contributed by atoms with van der Waals surface area (Å²) in [5, 5.41) is 2.17. The molecule has 0 radical (unpaired) electrons. The van der Waals surface area contributed by atoms with Gasteiger partial charge in [0.15, 0.2) is 0 Å². The van der Waals surface area contributed by atoms with Crippen LogP contribution in [0.2, 0.25) is 0 Å². The molecule has 0 atom stereocenters. The molecule has 0 saturated carbocycles. The Morgan fingerprint density at radius 3 is 1.48 bits per heavy atom. The largest absolute Gasteiger partial charge is 0.456 e. The van der Waals surface area contributed by atoms with Crippen LogP contribution in [-0.4, -0.2) is 0 Å². The molecular weight excluding hydrogens is 799 g/mol. The Morgan fingerprint density at radius 1 is 0.348 bits per heavy atom. The van der Waals surface area contributed by atoms with E-state index in [1.807, 2.05) is 0 Å². The number of benzene rings is 10. The molecule has 2 nitrogen and oxygen atoms in total. The Balaban J connectivity index is 1.05. The topological polar surface area (TPSA) is 16.4 Å². The predicted molar refractivity (Wildman–Crippen MR) is 274 cm³/mol. The van der Waals surface area contributed by atoms with Gasteiger partial charge in [0.25, 0.3) is 0 Å². The zero-order valence-corrected chi connectivity index (χ0v) is 36.9. The van der Waals surface area contributed by atoms with Gasteiger partial charge in [-0.3, -0.25) is 0 Å². The molecule has 13 rings (SSSR count). The number of nitrogens with zero attached hydrogens (tertiary/aromatic N) is 1. The van der Waals surface area contributed by atoms with Gasteiger partial charge in [-0.05, 0) is 126 Å². The maximum atomic E-state index is 6.87. The second-order valence-electron chi connectivity index (χ2n) is 18.4. The molecule has 11 aromatic rings. The van der Waals surface area contributed by atoms with E-state index in [4.69, 9.17) is 4.42 Å². The highest BCUT2D eigenvalue weighted by atomic mass is 16.3. The van der Waals surface area contributed by atoms with E-state index in [0.29, 0.717) is 0 Å². The van der Waals surface area contributed by atoms with Crippen molar-refractivity contribution in [1.82, 2.24) is 0 Å². The average Bonchev–Trinajstić information content (AvgIpc) is 3.99. The highest BCUT2D eigenvalue weighted by molar-refractivity contribution is 6.14. The summed E-state index contributed by atoms with van der Waals surface area (Å²) >= 11 is 0. The summed E-state index contributed by atoms with van der Waals surface area (Å²) < 4.78 is 6.87. The molecule has 0 fully saturated rings. The first-order chi connectivity index (χ1) is 32.5. The van der Waals surface area contributed by atoms with Gasteiger partial charge in [-0.1, -0.05) is 202 Å². The smallest absolute Gasteiger partial charge is 0.137 e. The van der Waals surface area contributed by atoms with Gasteiger partial charge in [0.05, 0.1) is 16.5 Å². The van der Waals surface area contributed by atoms with E-state index >= 15 is 0 Å². The van der Waals surface area contributed by atoms with Crippen LogP contribution in [0.5, 0.6) is 0 Å². The normalized spacial score (nSPS) is 13.8. The van der Waals surface area contributed by atoms with Gasteiger partial charge >= 0.3 is 0 Å². The third-order valence-corrected chi connectivity index (χ3v) is 14.6. The van der Waals surface area contributed by atoms with Crippen LogP contribution in [-0.2, 0) is 10.8 Å². The van der Waals surface area contributed by atoms with Gasteiger partial charge in [0.2, 0.25) is 0 Å². The molecule has 312 valence electrons. The lowest BCUT2D eigenvalue weighted by molar-refractivity contribution is 0.660. The molecule has 0 N–H and O–H groups in total. The highest BCUT2D eigenvalue weighted by Crippen LogP contribution is 2.57. The maximum Gasteiger partial charge on any atom is 0.137 e. The standard InChI is InChI=1S/C64H45NO/c1-63(2)55-23-12-9-20-50(55)53-38-37-49(41-58(53)63)65(48-35-30-45(31-36-48)43-18-7-4-8-19-43)59-26-15-27-61-62(59)54-40-47(34-39-60(54)66-61)64(46-32-28-44(29-33-46)42-16-5-3-6-17-42)56-24-13-10-21-51(56)52-22-11-14-25-57(52)64/h3-41H,1-2H3. The van der Waals surface area contributed by atoms with Gasteiger partial charge in [0, 0.05) is 22.2 Å². The van der Waals surface area contributed by atoms with Crippen molar-refractivity contribution in [2.24, 2.45) is 0 Å². The van der Waals surface area contributed by atoms with E-state index in [2.05, 4.69) is 255 Å². The lowest BCUT2D eigenvalue weighted by Gasteiger charge is -2.34. The van der Waals surface area contributed by atoms with Crippen molar-refractivity contribution in [3.8, 4) is 44.5 Å². The van der Waals surface area contributed by atoms with Crippen LogP contribution in [0, 0.1) is 0 Å². The molecule has 0 aliphatic heterocycles. The fraction of sp³-hybridized carbons (Fsp3) is 0.0625. The molecule has 2 heteroatoms. The van der Waals surface area contributed by atoms with Gasteiger partial charge < -0.3 is 9.32 Å². The third-order valence-electron chi connectivity index (χ3n) is 14.6. The monoisotopic (exact) mass is 843 g/mol. The molecule has 0 spiro atoms. The molecule has 2 aliphatic carbocycles. The van der Waals surface area contributed by atoms with E-state index in [9.17, 15) is 0 Å². The molecule has 2 aliphatic rings. The van der Waals surface area contributed by atoms with Crippen LogP contribution in [0.15, 0.2) is 241 Å². The summed E-state index contributed by atoms with van der Waals surface area (Å²) in [5.74, 6) is 0. The summed E-state index contributed by atoms with van der Waals surface area (Å²) in [7, 11) is 0. The first-order valence-electron chi connectivity index (χ1n) is 23.0. The first-order valence-corrected chi connectivity index (χ1v) is 23.0. The van der Waals surface area contributed by atoms with Gasteiger partial charge in [-0.25, -0.2) is 0 Å². The molecule has 1 aromatic heterocycles. The number of fused-ring (bicyclic) bond motifs is 9. The third kappa shape index (κ3) is 5.61. The zero-order chi connectivity index (χ0) is 44.0. The van der Waals surface area contributed by atoms with Gasteiger partial charge in [-0.15, -0.1) is 0 Å². The lowest BCUT2D eigenvalue weighted by Crippen LogP contribution is -2.28. The van der Waals surface area contributed by atoms with Crippen molar-refractivity contribution < 1.29 is 4.42 Å². The zero-order valence-electron chi connectivity index (χ0n) is 36.9. The van der Waals surface area contributed by atoms with E-state index in [1.54, 1.807) is 0 Å². The minimum absolute atomic E-state index is 0.157. The van der Waals surface area contributed by atoms with Crippen molar-refractivity contribution in [2.45, 2.75) is 24.7 Å². The van der Waals surface area contributed by atoms with Crippen molar-refractivity contribution in [3.63, 3.8) is 0 Å². The molecule has 66 heavy (non-hydrogen) atoms. The van der Waals surface area contributed by atoms with E-state index < -0.39 is 5.41 Å². The Labute approximate surface area is 385 Å². The van der Waals surface area contributed by atoms with Crippen molar-refractivity contribution in [3.05, 3.63) is 270 Å². The van der Waals surface area contributed by atoms with Crippen molar-refractivity contribution in [2.75, 3.05) is 4.90 Å². The summed E-state index contributed by atoms with van der Waals surface area (Å²) in [6.07, 6.45) is 0. The molecule has 0 amide bonds. The predicted octanol–water partition coefficient (Wildman–Crippen LogP) is 17.1. The van der Waals surface area contributed by atoms with Crippen LogP contribution < -0.4 is 4.90 Å². The van der Waals surface area contributed by atoms with Gasteiger partial charge in [0.1, 0.15) is 11.2 Å². The van der Waals surface area contributed by atoms with E-state index in [1.165, 1.54) is 77.9 Å². The fourth-order valence-electron chi connectivity index (χ4n) is 11.5. The number of anilines is 3. The van der Waals surface area contributed by atoms with Crippen LogP contribution in [0.1, 0.15) is 47.2 Å². The second kappa shape index (κ2) is 14.7. The minimum Gasteiger partial charge on any atom is -0.456 e. The molecular formula is C64H45NO. The minimum atomic E-state index is -0.581. The number of furan rings is 1. The first kappa shape index (κ1) is 38.3. The fourth-order valence-corrected chi connectivity index (χ4v) is 11.5. The summed E-state index contributed by atoms with van der Waals surface area (Å²) in [6, 6.07) is 86.9. The summed E-state index contributed by atoms with van der Waals surface area (Å²) in [5.41, 5.74) is 21.9. The molecule has 0 unspecified atom stereocenters. The Bertz CT molecular complexity index is 3610. The number of hydrogen-bond acceptors (Lipinski definition) is 2. The SMILES string of the molecule is CC1(C)c2ccccc2-c2ccc(N(c3ccc(-c4ccccc4)cc3)c3cccc4oc5ccc(C6(c7ccc(-c8ccccc8)cc7)c7ccccc7-c7ccccc76)cc5c34)cc21. The number of hydrogen-bond donors (Lipinski definition) is 0. The Hall–Kier alpha value is -8.20. The van der Waals surface area contributed by atoms with E-state index in [0.717, 1.165) is 39.0 Å². The summed E-state index contributed by atoms with van der Waals surface area (Å²) in [6.45, 7) is 4.72. The van der Waals surface area contributed by atoms with Crippen molar-refractivity contribution in [1.29, 1.82) is 0 Å². The highest BCUT2D eigenvalue weighted by Gasteiger charge is 2.46. The van der Waals surface area contributed by atoms with Gasteiger partial charge in [-0.2, -0.15) is 0 Å². The van der Waals surface area contributed by atoms with E-state index in [-0.39, 0.29) is 5.41 Å². The van der Waals surface area contributed by atoms with Crippen LogP contribution in [0.25, 0.3) is 66.4 Å². The quantitative estimate of drug-likeness (QED) is 0.159. The summed E-state index contributed by atoms with van der Waals surface area (Å²) in [4.78, 5) is 2.44. The Kier molecular flexibility index (Phi) is 8.51. The molecule has 1 heterocycles. The second-order valence-corrected chi connectivity index (χ2v) is 18.4. The molecule has 0 bridgehead atoms.